The smallest absolute Gasteiger partial charge is 0.317 e. The lowest BCUT2D eigenvalue weighted by molar-refractivity contribution is -0.152. The van der Waals surface area contributed by atoms with Crippen LogP contribution in [0.3, 0.4) is 0 Å². The largest absolute Gasteiger partial charge is 0.489 e. The Morgan fingerprint density at radius 3 is 2.60 bits per heavy atom. The molecule has 0 amide bonds. The molecule has 7 heteroatoms. The third-order valence-corrected chi connectivity index (χ3v) is 4.88. The van der Waals surface area contributed by atoms with Crippen molar-refractivity contribution in [2.45, 2.75) is 32.6 Å². The van der Waals surface area contributed by atoms with Crippen molar-refractivity contribution in [3.8, 4) is 5.75 Å². The van der Waals surface area contributed by atoms with Gasteiger partial charge < -0.3 is 14.8 Å². The first kappa shape index (κ1) is 19.7. The maximum atomic E-state index is 12.9. The van der Waals surface area contributed by atoms with Crippen molar-refractivity contribution >= 4 is 11.9 Å². The molecule has 0 saturated carbocycles. The Kier molecular flexibility index (Phi) is 5.52. The molecule has 2 unspecified atom stereocenters. The second kappa shape index (κ2) is 8.41. The molecule has 0 bridgehead atoms. The Morgan fingerprint density at radius 1 is 1.17 bits per heavy atom. The zero-order valence-corrected chi connectivity index (χ0v) is 17.0. The molecule has 2 aromatic carbocycles. The summed E-state index contributed by atoms with van der Waals surface area (Å²) in [6.07, 6.45) is 1.23. The molecule has 4 rings (SSSR count). The lowest BCUT2D eigenvalue weighted by Crippen LogP contribution is -2.38. The fourth-order valence-electron chi connectivity index (χ4n) is 3.51. The molecule has 154 valence electrons. The average molecular weight is 404 g/mol. The van der Waals surface area contributed by atoms with E-state index >= 15 is 0 Å². The molecule has 1 aliphatic rings. The number of ether oxygens (including phenoxy) is 2. The second-order valence-corrected chi connectivity index (χ2v) is 7.43. The van der Waals surface area contributed by atoms with Crippen molar-refractivity contribution in [2.24, 2.45) is 5.92 Å². The summed E-state index contributed by atoms with van der Waals surface area (Å²) < 4.78 is 13.1. The summed E-state index contributed by atoms with van der Waals surface area (Å²) in [6.45, 7) is 8.18. The maximum Gasteiger partial charge on any atom is 0.317 e. The Balaban J connectivity index is 1.59. The summed E-state index contributed by atoms with van der Waals surface area (Å²) in [5, 5.41) is 7.39. The zero-order valence-electron chi connectivity index (χ0n) is 17.0. The summed E-state index contributed by atoms with van der Waals surface area (Å²) >= 11 is 0. The monoisotopic (exact) mass is 404 g/mol. The third-order valence-electron chi connectivity index (χ3n) is 4.88. The summed E-state index contributed by atoms with van der Waals surface area (Å²) in [6, 6.07) is 17.2. The van der Waals surface area contributed by atoms with Crippen LogP contribution < -0.4 is 10.1 Å². The van der Waals surface area contributed by atoms with E-state index in [1.165, 1.54) is 6.33 Å². The highest BCUT2D eigenvalue weighted by atomic mass is 16.5. The van der Waals surface area contributed by atoms with Crippen molar-refractivity contribution in [3.05, 3.63) is 84.3 Å². The predicted octanol–water partition coefficient (Wildman–Crippen LogP) is 3.95. The van der Waals surface area contributed by atoms with E-state index in [1.54, 1.807) is 4.68 Å². The zero-order chi connectivity index (χ0) is 21.1. The summed E-state index contributed by atoms with van der Waals surface area (Å²) in [7, 11) is 0. The van der Waals surface area contributed by atoms with E-state index in [-0.39, 0.29) is 12.1 Å². The van der Waals surface area contributed by atoms with Crippen LogP contribution in [-0.2, 0) is 16.1 Å². The van der Waals surface area contributed by atoms with Gasteiger partial charge in [-0.05, 0) is 37.1 Å². The van der Waals surface area contributed by atoms with Crippen LogP contribution >= 0.6 is 0 Å². The van der Waals surface area contributed by atoms with E-state index in [0.717, 1.165) is 16.9 Å². The van der Waals surface area contributed by atoms with E-state index < -0.39 is 12.0 Å². The van der Waals surface area contributed by atoms with E-state index in [2.05, 4.69) is 22.0 Å². The van der Waals surface area contributed by atoms with Crippen molar-refractivity contribution in [3.63, 3.8) is 0 Å². The fraction of sp³-hybridized carbons (Fsp3) is 0.261. The molecule has 1 aliphatic heterocycles. The van der Waals surface area contributed by atoms with Gasteiger partial charge in [-0.15, -0.1) is 0 Å². The van der Waals surface area contributed by atoms with Crippen LogP contribution in [0.15, 0.2) is 73.2 Å². The van der Waals surface area contributed by atoms with Crippen LogP contribution in [-0.4, -0.2) is 26.8 Å². The van der Waals surface area contributed by atoms with Gasteiger partial charge in [0.25, 0.3) is 0 Å². The molecule has 0 radical (unpaired) electrons. The van der Waals surface area contributed by atoms with Crippen LogP contribution in [0.2, 0.25) is 0 Å². The molecule has 7 nitrogen and oxygen atoms in total. The van der Waals surface area contributed by atoms with E-state index in [1.807, 2.05) is 68.4 Å². The predicted molar refractivity (Wildman–Crippen MR) is 113 cm³/mol. The highest BCUT2D eigenvalue weighted by Crippen LogP contribution is 2.38. The minimum Gasteiger partial charge on any atom is -0.489 e. The first-order valence-electron chi connectivity index (χ1n) is 9.85. The number of carbonyl (C=O) groups is 1. The molecular weight excluding hydrogens is 380 g/mol. The van der Waals surface area contributed by atoms with Crippen molar-refractivity contribution < 1.29 is 14.3 Å². The normalized spacial score (nSPS) is 17.9. The number of nitrogens with zero attached hydrogens (tertiary/aromatic N) is 3. The van der Waals surface area contributed by atoms with E-state index in [4.69, 9.17) is 9.47 Å². The number of esters is 1. The van der Waals surface area contributed by atoms with Gasteiger partial charge in [-0.3, -0.25) is 4.79 Å². The fourth-order valence-corrected chi connectivity index (χ4v) is 3.51. The molecule has 0 fully saturated rings. The second-order valence-electron chi connectivity index (χ2n) is 7.43. The Labute approximate surface area is 175 Å². The number of anilines is 1. The Morgan fingerprint density at radius 2 is 1.90 bits per heavy atom. The van der Waals surface area contributed by atoms with E-state index in [9.17, 15) is 4.79 Å². The minimum absolute atomic E-state index is 0.225. The minimum atomic E-state index is -0.627. The van der Waals surface area contributed by atoms with Crippen LogP contribution in [0.25, 0.3) is 0 Å². The van der Waals surface area contributed by atoms with Crippen LogP contribution in [0.5, 0.6) is 5.75 Å². The first-order valence-corrected chi connectivity index (χ1v) is 9.85. The molecule has 1 aromatic heterocycles. The quantitative estimate of drug-likeness (QED) is 0.627. The van der Waals surface area contributed by atoms with Gasteiger partial charge in [0.1, 0.15) is 24.6 Å². The van der Waals surface area contributed by atoms with Crippen LogP contribution in [0.4, 0.5) is 5.95 Å². The van der Waals surface area contributed by atoms with Crippen LogP contribution in [0.1, 0.15) is 31.0 Å². The number of nitrogens with one attached hydrogen (secondary N) is 1. The number of rotatable bonds is 6. The van der Waals surface area contributed by atoms with E-state index in [0.29, 0.717) is 18.3 Å². The molecule has 3 aromatic rings. The van der Waals surface area contributed by atoms with Gasteiger partial charge in [0, 0.05) is 5.70 Å². The highest BCUT2D eigenvalue weighted by Gasteiger charge is 2.40. The summed E-state index contributed by atoms with van der Waals surface area (Å²) in [5.74, 6) is 0.314. The lowest BCUT2D eigenvalue weighted by atomic mass is 9.89. The Hall–Kier alpha value is -3.61. The number of aromatic nitrogens is 3. The van der Waals surface area contributed by atoms with Crippen molar-refractivity contribution in [2.75, 3.05) is 5.32 Å². The topological polar surface area (TPSA) is 78.3 Å². The number of benzene rings is 2. The molecule has 30 heavy (non-hydrogen) atoms. The molecule has 0 saturated heterocycles. The number of carbonyl (C=O) groups excluding carboxylic acids is 1. The SMILES string of the molecule is C=C1Nc2ncnn2C(c2ccc(OCc3ccccc3)cc2)C1C(=O)OC(C)C. The van der Waals surface area contributed by atoms with Gasteiger partial charge >= 0.3 is 5.97 Å². The standard InChI is InChI=1S/C23H24N4O3/c1-15(2)30-22(28)20-16(3)26-23-24-14-25-27(23)21(20)18-9-11-19(12-10-18)29-13-17-7-5-4-6-8-17/h4-12,14-15,20-21H,3,13H2,1-2H3,(H,24,25,26). The summed E-state index contributed by atoms with van der Waals surface area (Å²) in [4.78, 5) is 17.1. The molecule has 0 spiro atoms. The third kappa shape index (κ3) is 4.05. The van der Waals surface area contributed by atoms with Gasteiger partial charge in [-0.25, -0.2) is 4.68 Å². The van der Waals surface area contributed by atoms with Gasteiger partial charge in [0.2, 0.25) is 5.95 Å². The molecular formula is C23H24N4O3. The van der Waals surface area contributed by atoms with Gasteiger partial charge in [-0.1, -0.05) is 49.0 Å². The maximum absolute atomic E-state index is 12.9. The highest BCUT2D eigenvalue weighted by molar-refractivity contribution is 5.79. The summed E-state index contributed by atoms with van der Waals surface area (Å²) in [5.41, 5.74) is 2.53. The first-order chi connectivity index (χ1) is 14.5. The average Bonchev–Trinajstić information content (AvgIpc) is 3.20. The molecule has 2 atom stereocenters. The van der Waals surface area contributed by atoms with Crippen molar-refractivity contribution in [1.29, 1.82) is 0 Å². The molecule has 2 heterocycles. The number of fused-ring (bicyclic) bond motifs is 1. The van der Waals surface area contributed by atoms with Crippen LogP contribution in [0, 0.1) is 5.92 Å². The molecule has 1 N–H and O–H groups in total. The number of hydrogen-bond donors (Lipinski definition) is 1. The van der Waals surface area contributed by atoms with Gasteiger partial charge in [0.15, 0.2) is 0 Å². The Bertz CT molecular complexity index is 1030. The van der Waals surface area contributed by atoms with Crippen molar-refractivity contribution in [1.82, 2.24) is 14.8 Å². The lowest BCUT2D eigenvalue weighted by Gasteiger charge is -2.33. The molecule has 0 aliphatic carbocycles. The van der Waals surface area contributed by atoms with Gasteiger partial charge in [0.05, 0.1) is 12.1 Å². The number of hydrogen-bond acceptors (Lipinski definition) is 6. The van der Waals surface area contributed by atoms with Gasteiger partial charge in [-0.2, -0.15) is 10.1 Å².